The first-order valence-corrected chi connectivity index (χ1v) is 12.7. The summed E-state index contributed by atoms with van der Waals surface area (Å²) in [7, 11) is 0. The van der Waals surface area contributed by atoms with E-state index in [-0.39, 0.29) is 11.7 Å². The average Bonchev–Trinajstić information content (AvgIpc) is 3.53. The minimum atomic E-state index is -0.535. The van der Waals surface area contributed by atoms with E-state index in [1.807, 2.05) is 52.4 Å². The van der Waals surface area contributed by atoms with Crippen molar-refractivity contribution in [1.82, 2.24) is 29.3 Å². The highest BCUT2D eigenvalue weighted by Crippen LogP contribution is 2.29. The largest absolute Gasteiger partial charge is 0.368 e. The Hall–Kier alpha value is -4.64. The van der Waals surface area contributed by atoms with E-state index in [0.29, 0.717) is 38.3 Å². The van der Waals surface area contributed by atoms with Gasteiger partial charge in [0.15, 0.2) is 5.82 Å². The van der Waals surface area contributed by atoms with Gasteiger partial charge >= 0.3 is 0 Å². The number of nitrogens with two attached hydrogens (primary N) is 1. The molecule has 2 aromatic carbocycles. The van der Waals surface area contributed by atoms with Gasteiger partial charge in [-0.3, -0.25) is 19.2 Å². The van der Waals surface area contributed by atoms with Crippen molar-refractivity contribution in [2.45, 2.75) is 32.0 Å². The van der Waals surface area contributed by atoms with Gasteiger partial charge in [0.1, 0.15) is 17.7 Å². The van der Waals surface area contributed by atoms with Gasteiger partial charge in [0, 0.05) is 29.7 Å². The second-order valence-corrected chi connectivity index (χ2v) is 9.80. The number of carbonyl (C=O) groups excluding carboxylic acids is 2. The molecule has 1 radical (unpaired) electrons. The van der Waals surface area contributed by atoms with E-state index in [0.717, 1.165) is 33.2 Å². The van der Waals surface area contributed by atoms with Crippen molar-refractivity contribution in [3.63, 3.8) is 0 Å². The number of aromatic nitrogens is 5. The molecule has 0 spiro atoms. The first-order chi connectivity index (χ1) is 19.0. The Bertz CT molecular complexity index is 1680. The van der Waals surface area contributed by atoms with Gasteiger partial charge in [-0.1, -0.05) is 12.1 Å². The number of carbonyl (C=O) groups is 1. The summed E-state index contributed by atoms with van der Waals surface area (Å²) in [4.78, 5) is 29.8. The van der Waals surface area contributed by atoms with E-state index >= 15 is 0 Å². The number of fused-ring (bicyclic) bond motifs is 2. The highest BCUT2D eigenvalue weighted by atomic mass is 19.1. The number of benzene rings is 2. The number of hydrogen-bond donors (Lipinski definition) is 2. The zero-order valence-electron chi connectivity index (χ0n) is 21.0. The molecule has 2 atom stereocenters. The van der Waals surface area contributed by atoms with Crippen LogP contribution in [0, 0.1) is 11.7 Å². The molecule has 1 saturated heterocycles. The number of nitrogens with zero attached hydrogens (tertiary/aromatic N) is 6. The van der Waals surface area contributed by atoms with Crippen LogP contribution in [0.3, 0.4) is 0 Å². The highest BCUT2D eigenvalue weighted by molar-refractivity contribution is 5.85. The number of rotatable bonds is 8. The van der Waals surface area contributed by atoms with Crippen LogP contribution in [-0.2, 0) is 22.7 Å². The van der Waals surface area contributed by atoms with Crippen LogP contribution in [0.25, 0.3) is 16.4 Å². The van der Waals surface area contributed by atoms with Crippen molar-refractivity contribution in [3.05, 3.63) is 84.2 Å². The van der Waals surface area contributed by atoms with Gasteiger partial charge in [0.2, 0.25) is 12.2 Å². The fourth-order valence-electron chi connectivity index (χ4n) is 5.30. The van der Waals surface area contributed by atoms with Crippen molar-refractivity contribution in [2.24, 2.45) is 11.7 Å². The Morgan fingerprint density at radius 3 is 2.87 bits per heavy atom. The minimum absolute atomic E-state index is 0.273. The number of anilines is 2. The first-order valence-electron chi connectivity index (χ1n) is 12.7. The van der Waals surface area contributed by atoms with E-state index in [2.05, 4.69) is 20.5 Å². The maximum atomic E-state index is 13.6. The van der Waals surface area contributed by atoms with Crippen LogP contribution in [-0.4, -0.2) is 54.1 Å². The van der Waals surface area contributed by atoms with E-state index < -0.39 is 11.9 Å². The van der Waals surface area contributed by atoms with E-state index in [1.54, 1.807) is 16.8 Å². The van der Waals surface area contributed by atoms with E-state index in [4.69, 9.17) is 5.73 Å². The summed E-state index contributed by atoms with van der Waals surface area (Å²) >= 11 is 0. The Morgan fingerprint density at radius 2 is 2.05 bits per heavy atom. The van der Waals surface area contributed by atoms with Crippen molar-refractivity contribution in [1.29, 1.82) is 0 Å². The van der Waals surface area contributed by atoms with Crippen molar-refractivity contribution in [2.75, 3.05) is 11.9 Å². The van der Waals surface area contributed by atoms with Gasteiger partial charge in [-0.05, 0) is 66.9 Å². The monoisotopic (exact) mass is 525 g/mol. The SMILES string of the molecule is NC(=O)C1CC([C]=O)CCN1Cc1ccn2ncnc(Nc3ccc4c(cnn4Cc4cccc(F)c4)c3)c12. The number of nitrogens with one attached hydrogen (secondary N) is 1. The fraction of sp³-hybridized carbons (Fsp3) is 0.250. The molecule has 11 heteroatoms. The molecule has 1 fully saturated rings. The molecule has 0 saturated carbocycles. The summed E-state index contributed by atoms with van der Waals surface area (Å²) in [6.07, 6.45) is 8.14. The van der Waals surface area contributed by atoms with Crippen molar-refractivity contribution < 1.29 is 14.0 Å². The Morgan fingerprint density at radius 1 is 1.15 bits per heavy atom. The number of piperidine rings is 1. The number of hydrogen-bond acceptors (Lipinski definition) is 7. The second-order valence-electron chi connectivity index (χ2n) is 9.80. The molecular weight excluding hydrogens is 499 g/mol. The summed E-state index contributed by atoms with van der Waals surface area (Å²) in [6, 6.07) is 13.8. The van der Waals surface area contributed by atoms with Crippen LogP contribution in [0.5, 0.6) is 0 Å². The molecule has 39 heavy (non-hydrogen) atoms. The molecule has 1 aliphatic heterocycles. The molecular formula is C28H26FN8O2. The summed E-state index contributed by atoms with van der Waals surface area (Å²) in [5.74, 6) is -0.383. The van der Waals surface area contributed by atoms with Crippen LogP contribution in [0.4, 0.5) is 15.9 Å². The molecule has 4 heterocycles. The third kappa shape index (κ3) is 4.96. The molecule has 0 aliphatic carbocycles. The Balaban J connectivity index is 1.26. The third-order valence-corrected chi connectivity index (χ3v) is 7.25. The number of likely N-dealkylation sites (tertiary alicyclic amines) is 1. The molecule has 1 amide bonds. The molecule has 10 nitrogen and oxygen atoms in total. The smallest absolute Gasteiger partial charge is 0.234 e. The molecule has 3 N–H and O–H groups in total. The third-order valence-electron chi connectivity index (χ3n) is 7.25. The second kappa shape index (κ2) is 10.3. The van der Waals surface area contributed by atoms with E-state index in [1.165, 1.54) is 18.5 Å². The summed E-state index contributed by atoms with van der Waals surface area (Å²) in [6.45, 7) is 1.49. The average molecular weight is 526 g/mol. The molecule has 197 valence electrons. The summed E-state index contributed by atoms with van der Waals surface area (Å²) in [5, 5.41) is 13.2. The Labute approximate surface area is 223 Å². The lowest BCUT2D eigenvalue weighted by Gasteiger charge is -2.35. The maximum absolute atomic E-state index is 13.6. The quantitative estimate of drug-likeness (QED) is 0.319. The molecule has 3 aromatic heterocycles. The fourth-order valence-corrected chi connectivity index (χ4v) is 5.30. The standard InChI is InChI=1S/C28H26FN8O2/c29-22-3-1-2-18(10-22)14-37-24-5-4-23(12-21(24)13-32-37)34-28-26-20(7-9-36(26)33-17-31-28)15-35-8-6-19(16-38)11-25(35)27(30)39/h1-5,7,9-10,12-13,17,19,25H,6,8,11,14-15H2,(H2,30,39)(H,31,33,34). The van der Waals surface area contributed by atoms with Crippen molar-refractivity contribution >= 4 is 40.1 Å². The van der Waals surface area contributed by atoms with Crippen LogP contribution >= 0.6 is 0 Å². The topological polar surface area (TPSA) is 123 Å². The minimum Gasteiger partial charge on any atom is -0.368 e. The first kappa shape index (κ1) is 24.7. The van der Waals surface area contributed by atoms with Crippen LogP contribution in [0.15, 0.2) is 67.3 Å². The van der Waals surface area contributed by atoms with Gasteiger partial charge in [-0.25, -0.2) is 13.9 Å². The number of halogens is 1. The normalized spacial score (nSPS) is 18.0. The predicted octanol–water partition coefficient (Wildman–Crippen LogP) is 3.19. The van der Waals surface area contributed by atoms with Crippen LogP contribution in [0.1, 0.15) is 24.0 Å². The maximum Gasteiger partial charge on any atom is 0.234 e. The lowest BCUT2D eigenvalue weighted by molar-refractivity contribution is -0.125. The van der Waals surface area contributed by atoms with E-state index in [9.17, 15) is 14.0 Å². The van der Waals surface area contributed by atoms with Gasteiger partial charge in [0.05, 0.1) is 24.3 Å². The molecule has 0 bridgehead atoms. The molecule has 5 aromatic rings. The Kier molecular flexibility index (Phi) is 6.49. The van der Waals surface area contributed by atoms with Gasteiger partial charge < -0.3 is 11.1 Å². The zero-order chi connectivity index (χ0) is 26.9. The lowest BCUT2D eigenvalue weighted by Crippen LogP contribution is -2.49. The molecule has 1 aliphatic rings. The van der Waals surface area contributed by atoms with Crippen LogP contribution in [0.2, 0.25) is 0 Å². The zero-order valence-corrected chi connectivity index (χ0v) is 21.0. The number of primary amides is 1. The molecule has 2 unspecified atom stereocenters. The van der Waals surface area contributed by atoms with Crippen LogP contribution < -0.4 is 11.1 Å². The van der Waals surface area contributed by atoms with Gasteiger partial charge in [-0.2, -0.15) is 10.2 Å². The lowest BCUT2D eigenvalue weighted by atomic mass is 9.91. The van der Waals surface area contributed by atoms with Crippen molar-refractivity contribution in [3.8, 4) is 0 Å². The summed E-state index contributed by atoms with van der Waals surface area (Å²) < 4.78 is 17.2. The predicted molar refractivity (Wildman–Crippen MR) is 143 cm³/mol. The van der Waals surface area contributed by atoms with Gasteiger partial charge in [-0.15, -0.1) is 0 Å². The van der Waals surface area contributed by atoms with Gasteiger partial charge in [0.25, 0.3) is 0 Å². The number of amides is 1. The summed E-state index contributed by atoms with van der Waals surface area (Å²) in [5.41, 5.74) is 9.96. The highest BCUT2D eigenvalue weighted by Gasteiger charge is 2.33. The molecule has 6 rings (SSSR count).